The molecule has 0 aliphatic heterocycles. The maximum atomic E-state index is 12.6. The summed E-state index contributed by atoms with van der Waals surface area (Å²) in [7, 11) is 1.75. The summed E-state index contributed by atoms with van der Waals surface area (Å²) in [6.07, 6.45) is 0.671. The normalized spacial score (nSPS) is 10.9. The molecule has 0 unspecified atom stereocenters. The predicted molar refractivity (Wildman–Crippen MR) is 110 cm³/mol. The summed E-state index contributed by atoms with van der Waals surface area (Å²) < 4.78 is 39.5. The highest BCUT2D eigenvalue weighted by atomic mass is 35.5. The van der Waals surface area contributed by atoms with E-state index >= 15 is 0 Å². The van der Waals surface area contributed by atoms with E-state index in [0.29, 0.717) is 17.1 Å². The Labute approximate surface area is 173 Å². The lowest BCUT2D eigenvalue weighted by molar-refractivity contribution is -0.137. The van der Waals surface area contributed by atoms with Crippen LogP contribution < -0.4 is 5.46 Å². The number of aryl methyl sites for hydroxylation is 1. The van der Waals surface area contributed by atoms with Crippen LogP contribution in [0.4, 0.5) is 13.2 Å². The number of halogens is 4. The van der Waals surface area contributed by atoms with E-state index in [4.69, 9.17) is 16.9 Å². The molecule has 8 heteroatoms. The van der Waals surface area contributed by atoms with Gasteiger partial charge < -0.3 is 4.57 Å². The molecule has 0 bridgehead atoms. The maximum absolute atomic E-state index is 12.6. The number of nitriles is 1. The van der Waals surface area contributed by atoms with Crippen LogP contribution in [0.3, 0.4) is 0 Å². The Hall–Kier alpha value is -2.98. The fourth-order valence-electron chi connectivity index (χ4n) is 2.32. The van der Waals surface area contributed by atoms with Gasteiger partial charge in [-0.05, 0) is 30.7 Å². The van der Waals surface area contributed by atoms with Crippen LogP contribution in [0.5, 0.6) is 0 Å². The van der Waals surface area contributed by atoms with Crippen LogP contribution >= 0.6 is 11.6 Å². The third-order valence-electron chi connectivity index (χ3n) is 3.85. The molecular formula is C21H17BClF3N3. The number of hydrogen-bond donors (Lipinski definition) is 0. The Kier molecular flexibility index (Phi) is 8.11. The summed E-state index contributed by atoms with van der Waals surface area (Å²) in [5.41, 5.74) is 1.68. The van der Waals surface area contributed by atoms with Crippen molar-refractivity contribution in [2.75, 3.05) is 0 Å². The molecule has 0 spiro atoms. The van der Waals surface area contributed by atoms with E-state index in [2.05, 4.69) is 4.98 Å². The first kappa shape index (κ1) is 22.3. The minimum absolute atomic E-state index is 0.395. The molecule has 0 saturated carbocycles. The van der Waals surface area contributed by atoms with Gasteiger partial charge in [-0.3, -0.25) is 0 Å². The Balaban J connectivity index is 0.000000278. The van der Waals surface area contributed by atoms with Crippen molar-refractivity contribution in [3.63, 3.8) is 0 Å². The summed E-state index contributed by atoms with van der Waals surface area (Å²) in [6.45, 7) is 2.32. The molecule has 147 valence electrons. The van der Waals surface area contributed by atoms with Crippen LogP contribution in [0.25, 0.3) is 6.08 Å². The number of aromatic nitrogens is 2. The Morgan fingerprint density at radius 2 is 1.97 bits per heavy atom. The van der Waals surface area contributed by atoms with Crippen molar-refractivity contribution >= 4 is 30.4 Å². The number of alkyl halides is 3. The second kappa shape index (κ2) is 10.5. The van der Waals surface area contributed by atoms with E-state index in [0.717, 1.165) is 23.3 Å². The van der Waals surface area contributed by atoms with Crippen LogP contribution in [0.1, 0.15) is 16.8 Å². The van der Waals surface area contributed by atoms with E-state index in [1.54, 1.807) is 48.6 Å². The van der Waals surface area contributed by atoms with Crippen molar-refractivity contribution in [1.29, 1.82) is 5.26 Å². The van der Waals surface area contributed by atoms with E-state index in [1.807, 2.05) is 31.2 Å². The average molecular weight is 415 g/mol. The topological polar surface area (TPSA) is 41.6 Å². The van der Waals surface area contributed by atoms with Crippen molar-refractivity contribution < 1.29 is 13.2 Å². The fourth-order valence-corrected chi connectivity index (χ4v) is 2.52. The molecule has 0 saturated heterocycles. The second-order valence-corrected chi connectivity index (χ2v) is 6.40. The van der Waals surface area contributed by atoms with Gasteiger partial charge in [-0.25, -0.2) is 4.98 Å². The molecule has 0 amide bonds. The van der Waals surface area contributed by atoms with Gasteiger partial charge in [0.2, 0.25) is 0 Å². The predicted octanol–water partition coefficient (Wildman–Crippen LogP) is 5.07. The fraction of sp³-hybridized carbons (Fsp3) is 0.143. The number of imidazole rings is 1. The highest BCUT2D eigenvalue weighted by Crippen LogP contribution is 2.29. The number of rotatable bonds is 4. The molecule has 0 fully saturated rings. The van der Waals surface area contributed by atoms with Crippen molar-refractivity contribution in [3.05, 3.63) is 88.9 Å². The SMILES string of the molecule is Cc1cncn1CC#N.FC(F)(F)c1cccc(C=C[B]c2ccccc2Cl)c1. The van der Waals surface area contributed by atoms with Crippen molar-refractivity contribution in [3.8, 4) is 6.07 Å². The zero-order valence-electron chi connectivity index (χ0n) is 15.6. The molecule has 3 nitrogen and oxygen atoms in total. The third-order valence-corrected chi connectivity index (χ3v) is 4.19. The van der Waals surface area contributed by atoms with E-state index in [1.165, 1.54) is 6.07 Å². The molecule has 29 heavy (non-hydrogen) atoms. The minimum Gasteiger partial charge on any atom is -0.321 e. The van der Waals surface area contributed by atoms with Gasteiger partial charge in [-0.15, -0.1) is 5.98 Å². The maximum Gasteiger partial charge on any atom is 0.416 e. The first-order chi connectivity index (χ1) is 13.8. The first-order valence-electron chi connectivity index (χ1n) is 8.58. The van der Waals surface area contributed by atoms with Crippen molar-refractivity contribution in [2.24, 2.45) is 0 Å². The molecular weight excluding hydrogens is 398 g/mol. The zero-order chi connectivity index (χ0) is 21.3. The summed E-state index contributed by atoms with van der Waals surface area (Å²) >= 11 is 5.98. The highest BCUT2D eigenvalue weighted by Gasteiger charge is 2.30. The molecule has 0 atom stereocenters. The second-order valence-electron chi connectivity index (χ2n) is 5.99. The molecule has 0 aliphatic carbocycles. The lowest BCUT2D eigenvalue weighted by atomic mass is 9.70. The van der Waals surface area contributed by atoms with Gasteiger partial charge in [0.25, 0.3) is 0 Å². The largest absolute Gasteiger partial charge is 0.416 e. The first-order valence-corrected chi connectivity index (χ1v) is 8.96. The molecule has 1 radical (unpaired) electrons. The standard InChI is InChI=1S/C15H10BClF3.C6H7N3/c17-14-7-2-1-6-13(14)16-9-8-11-4-3-5-12(10-11)15(18,19)20;1-6-4-8-5-9(6)3-2-7/h1-10H;4-5H,3H2,1H3. The van der Waals surface area contributed by atoms with Gasteiger partial charge in [0, 0.05) is 16.9 Å². The van der Waals surface area contributed by atoms with E-state index < -0.39 is 11.7 Å². The molecule has 3 aromatic rings. The van der Waals surface area contributed by atoms with Crippen LogP contribution in [0.2, 0.25) is 5.02 Å². The monoisotopic (exact) mass is 414 g/mol. The van der Waals surface area contributed by atoms with Crippen LogP contribution in [0, 0.1) is 18.3 Å². The Bertz CT molecular complexity index is 1010. The summed E-state index contributed by atoms with van der Waals surface area (Å²) in [6, 6.07) is 14.4. The molecule has 0 aliphatic rings. The molecule has 1 heterocycles. The van der Waals surface area contributed by atoms with E-state index in [9.17, 15) is 13.2 Å². The molecule has 1 aromatic heterocycles. The quantitative estimate of drug-likeness (QED) is 0.559. The number of hydrogen-bond acceptors (Lipinski definition) is 2. The minimum atomic E-state index is -4.32. The van der Waals surface area contributed by atoms with Gasteiger partial charge in [-0.1, -0.05) is 53.5 Å². The van der Waals surface area contributed by atoms with Gasteiger partial charge in [0.15, 0.2) is 7.28 Å². The summed E-state index contributed by atoms with van der Waals surface area (Å²) in [4.78, 5) is 3.85. The lowest BCUT2D eigenvalue weighted by Crippen LogP contribution is -2.12. The van der Waals surface area contributed by atoms with Crippen molar-refractivity contribution in [2.45, 2.75) is 19.6 Å². The average Bonchev–Trinajstić information content (AvgIpc) is 3.09. The molecule has 0 N–H and O–H groups in total. The lowest BCUT2D eigenvalue weighted by Gasteiger charge is -2.06. The van der Waals surface area contributed by atoms with E-state index in [-0.39, 0.29) is 0 Å². The molecule has 2 aromatic carbocycles. The summed E-state index contributed by atoms with van der Waals surface area (Å²) in [5.74, 6) is 1.68. The Morgan fingerprint density at radius 1 is 1.21 bits per heavy atom. The Morgan fingerprint density at radius 3 is 2.59 bits per heavy atom. The van der Waals surface area contributed by atoms with Gasteiger partial charge >= 0.3 is 6.18 Å². The smallest absolute Gasteiger partial charge is 0.321 e. The highest BCUT2D eigenvalue weighted by molar-refractivity contribution is 6.63. The third kappa shape index (κ3) is 7.17. The van der Waals surface area contributed by atoms with Crippen LogP contribution in [0.15, 0.2) is 67.0 Å². The van der Waals surface area contributed by atoms with Crippen LogP contribution in [-0.2, 0) is 12.7 Å². The number of nitrogens with zero attached hydrogens (tertiary/aromatic N) is 3. The van der Waals surface area contributed by atoms with Crippen LogP contribution in [-0.4, -0.2) is 16.8 Å². The van der Waals surface area contributed by atoms with Gasteiger partial charge in [0.1, 0.15) is 6.54 Å². The van der Waals surface area contributed by atoms with Gasteiger partial charge in [0.05, 0.1) is 18.0 Å². The molecule has 3 rings (SSSR count). The van der Waals surface area contributed by atoms with Gasteiger partial charge in [-0.2, -0.15) is 18.4 Å². The zero-order valence-corrected chi connectivity index (χ0v) is 16.3. The summed E-state index contributed by atoms with van der Waals surface area (Å²) in [5, 5.41) is 8.86. The van der Waals surface area contributed by atoms with Crippen molar-refractivity contribution in [1.82, 2.24) is 9.55 Å². The number of benzene rings is 2.